The van der Waals surface area contributed by atoms with Gasteiger partial charge in [-0.25, -0.2) is 23.4 Å². The summed E-state index contributed by atoms with van der Waals surface area (Å²) in [6.07, 6.45) is -1.09. The van der Waals surface area contributed by atoms with Gasteiger partial charge in [-0.05, 0) is 31.2 Å². The normalized spacial score (nSPS) is 11.2. The van der Waals surface area contributed by atoms with E-state index >= 15 is 0 Å². The molecule has 0 aliphatic carbocycles. The van der Waals surface area contributed by atoms with E-state index in [4.69, 9.17) is 0 Å². The van der Waals surface area contributed by atoms with Crippen LogP contribution in [0, 0.1) is 6.92 Å². The Bertz CT molecular complexity index is 1060. The smallest absolute Gasteiger partial charge is 0.297 e. The average Bonchev–Trinajstić information content (AvgIpc) is 3.02. The highest BCUT2D eigenvalue weighted by molar-refractivity contribution is 5.90. The van der Waals surface area contributed by atoms with Crippen molar-refractivity contribution < 1.29 is 8.78 Å². The summed E-state index contributed by atoms with van der Waals surface area (Å²) in [5, 5.41) is 8.19. The number of nitrogens with zero attached hydrogens (tertiary/aromatic N) is 4. The van der Waals surface area contributed by atoms with Crippen LogP contribution < -0.4 is 5.32 Å². The molecule has 1 N–H and O–H groups in total. The van der Waals surface area contributed by atoms with E-state index < -0.39 is 12.2 Å². The Labute approximate surface area is 148 Å². The summed E-state index contributed by atoms with van der Waals surface area (Å²) in [6, 6.07) is 16.7. The molecule has 0 saturated carbocycles. The van der Waals surface area contributed by atoms with Gasteiger partial charge in [-0.3, -0.25) is 0 Å². The van der Waals surface area contributed by atoms with Crippen LogP contribution in [0.3, 0.4) is 0 Å². The van der Waals surface area contributed by atoms with E-state index in [0.717, 1.165) is 11.4 Å². The molecule has 130 valence electrons. The molecule has 4 aromatic rings. The lowest BCUT2D eigenvalue weighted by molar-refractivity contribution is 0.141. The number of rotatable bonds is 4. The monoisotopic (exact) mass is 351 g/mol. The zero-order chi connectivity index (χ0) is 18.1. The molecule has 0 amide bonds. The van der Waals surface area contributed by atoms with Crippen molar-refractivity contribution in [3.8, 4) is 5.69 Å². The van der Waals surface area contributed by atoms with Gasteiger partial charge in [0.2, 0.25) is 0 Å². The highest BCUT2D eigenvalue weighted by Crippen LogP contribution is 2.28. The molecule has 0 aliphatic heterocycles. The Morgan fingerprint density at radius 3 is 2.46 bits per heavy atom. The number of nitrogens with one attached hydrogen (secondary N) is 1. The number of halogens is 2. The van der Waals surface area contributed by atoms with Crippen molar-refractivity contribution in [2.75, 3.05) is 5.32 Å². The van der Waals surface area contributed by atoms with Crippen molar-refractivity contribution in [2.24, 2.45) is 0 Å². The van der Waals surface area contributed by atoms with Crippen molar-refractivity contribution in [2.45, 2.75) is 13.3 Å². The zero-order valence-corrected chi connectivity index (χ0v) is 13.9. The van der Waals surface area contributed by atoms with Crippen molar-refractivity contribution in [1.82, 2.24) is 19.7 Å². The van der Waals surface area contributed by atoms with E-state index in [9.17, 15) is 8.78 Å². The maximum atomic E-state index is 13.1. The second-order valence-electron chi connectivity index (χ2n) is 5.76. The minimum absolute atomic E-state index is 0.335. The summed E-state index contributed by atoms with van der Waals surface area (Å²) in [5.41, 5.74) is 2.92. The maximum absolute atomic E-state index is 13.1. The van der Waals surface area contributed by atoms with Crippen LogP contribution in [0.15, 0.2) is 60.8 Å². The predicted octanol–water partition coefficient (Wildman–Crippen LogP) is 4.81. The van der Waals surface area contributed by atoms with Gasteiger partial charge in [0.05, 0.1) is 28.8 Å². The molecule has 0 unspecified atom stereocenters. The lowest BCUT2D eigenvalue weighted by Gasteiger charge is -2.11. The number of alkyl halides is 2. The fraction of sp³-hybridized carbons (Fsp3) is 0.105. The second kappa shape index (κ2) is 6.51. The minimum Gasteiger partial charge on any atom is -0.337 e. The van der Waals surface area contributed by atoms with E-state index in [0.29, 0.717) is 22.4 Å². The number of benzene rings is 2. The van der Waals surface area contributed by atoms with Gasteiger partial charge in [-0.1, -0.05) is 30.3 Å². The first-order valence-corrected chi connectivity index (χ1v) is 8.05. The first-order valence-electron chi connectivity index (χ1n) is 8.05. The largest absolute Gasteiger partial charge is 0.337 e. The molecule has 2 aromatic carbocycles. The quantitative estimate of drug-likeness (QED) is 0.573. The van der Waals surface area contributed by atoms with Gasteiger partial charge in [-0.2, -0.15) is 5.10 Å². The lowest BCUT2D eigenvalue weighted by atomic mass is 10.2. The minimum atomic E-state index is -2.74. The van der Waals surface area contributed by atoms with Gasteiger partial charge in [0, 0.05) is 5.39 Å². The van der Waals surface area contributed by atoms with Crippen molar-refractivity contribution >= 4 is 22.4 Å². The third-order valence-corrected chi connectivity index (χ3v) is 4.08. The van der Waals surface area contributed by atoms with Crippen LogP contribution in [0.4, 0.5) is 20.3 Å². The Hall–Kier alpha value is -3.35. The molecular formula is C19H15F2N5. The van der Waals surface area contributed by atoms with Crippen LogP contribution >= 0.6 is 0 Å². The van der Waals surface area contributed by atoms with Crippen LogP contribution in [0.5, 0.6) is 0 Å². The van der Waals surface area contributed by atoms with Gasteiger partial charge in [0.15, 0.2) is 5.82 Å². The summed E-state index contributed by atoms with van der Waals surface area (Å²) in [7, 11) is 0. The molecule has 2 heterocycles. The predicted molar refractivity (Wildman–Crippen MR) is 96.1 cm³/mol. The number of hydrogen-bond acceptors (Lipinski definition) is 4. The van der Waals surface area contributed by atoms with E-state index in [-0.39, 0.29) is 0 Å². The molecule has 5 nitrogen and oxygen atoms in total. The van der Waals surface area contributed by atoms with E-state index in [1.165, 1.54) is 0 Å². The number of aromatic nitrogens is 4. The molecule has 4 rings (SSSR count). The molecule has 0 atom stereocenters. The summed E-state index contributed by atoms with van der Waals surface area (Å²) < 4.78 is 28.1. The Balaban J connectivity index is 1.77. The first-order chi connectivity index (χ1) is 12.6. The lowest BCUT2D eigenvalue weighted by Crippen LogP contribution is -2.03. The maximum Gasteiger partial charge on any atom is 0.297 e. The zero-order valence-electron chi connectivity index (χ0n) is 13.9. The van der Waals surface area contributed by atoms with Gasteiger partial charge in [0.25, 0.3) is 6.43 Å². The molecule has 0 spiro atoms. The standard InChI is InChI=1S/C19H15F2N5/c1-12-16(11-22-26(12)13-7-3-2-4-8-13)24-18-14-9-5-6-10-15(14)23-19(25-18)17(20)21/h2-11,17H,1H3,(H,23,24,25). The number of para-hydroxylation sites is 2. The molecule has 0 aliphatic rings. The molecular weight excluding hydrogens is 336 g/mol. The van der Waals surface area contributed by atoms with Gasteiger partial charge >= 0.3 is 0 Å². The van der Waals surface area contributed by atoms with E-state index in [1.54, 1.807) is 29.1 Å². The molecule has 26 heavy (non-hydrogen) atoms. The van der Waals surface area contributed by atoms with Crippen molar-refractivity contribution in [1.29, 1.82) is 0 Å². The first kappa shape index (κ1) is 16.1. The van der Waals surface area contributed by atoms with Crippen LogP contribution in [0.2, 0.25) is 0 Å². The van der Waals surface area contributed by atoms with Crippen molar-refractivity contribution in [3.05, 3.63) is 72.3 Å². The summed E-state index contributed by atoms with van der Waals surface area (Å²) >= 11 is 0. The molecule has 2 aromatic heterocycles. The summed E-state index contributed by atoms with van der Waals surface area (Å²) in [5.74, 6) is -0.166. The molecule has 0 radical (unpaired) electrons. The number of hydrogen-bond donors (Lipinski definition) is 1. The third kappa shape index (κ3) is 2.88. The van der Waals surface area contributed by atoms with Crippen LogP contribution in [0.25, 0.3) is 16.6 Å². The van der Waals surface area contributed by atoms with Gasteiger partial charge in [-0.15, -0.1) is 0 Å². The molecule has 0 saturated heterocycles. The molecule has 0 fully saturated rings. The Morgan fingerprint density at radius 2 is 1.69 bits per heavy atom. The topological polar surface area (TPSA) is 55.6 Å². The highest BCUT2D eigenvalue weighted by atomic mass is 19.3. The fourth-order valence-corrected chi connectivity index (χ4v) is 2.78. The van der Waals surface area contributed by atoms with Crippen LogP contribution in [-0.4, -0.2) is 19.7 Å². The van der Waals surface area contributed by atoms with Crippen LogP contribution in [-0.2, 0) is 0 Å². The van der Waals surface area contributed by atoms with Gasteiger partial charge < -0.3 is 5.32 Å². The molecule has 7 heteroatoms. The van der Waals surface area contributed by atoms with Crippen LogP contribution in [0.1, 0.15) is 17.9 Å². The Kier molecular flexibility index (Phi) is 4.04. The second-order valence-corrected chi connectivity index (χ2v) is 5.76. The third-order valence-electron chi connectivity index (χ3n) is 4.08. The number of anilines is 2. The highest BCUT2D eigenvalue weighted by Gasteiger charge is 2.16. The van der Waals surface area contributed by atoms with E-state index in [1.807, 2.05) is 43.3 Å². The summed E-state index contributed by atoms with van der Waals surface area (Å²) in [4.78, 5) is 7.94. The SMILES string of the molecule is Cc1c(Nc2nc(C(F)F)nc3ccccc23)cnn1-c1ccccc1. The molecule has 0 bridgehead atoms. The average molecular weight is 351 g/mol. The Morgan fingerprint density at radius 1 is 0.962 bits per heavy atom. The number of fused-ring (bicyclic) bond motifs is 1. The fourth-order valence-electron chi connectivity index (χ4n) is 2.78. The van der Waals surface area contributed by atoms with Crippen molar-refractivity contribution in [3.63, 3.8) is 0 Å². The summed E-state index contributed by atoms with van der Waals surface area (Å²) in [6.45, 7) is 1.90. The van der Waals surface area contributed by atoms with Gasteiger partial charge in [0.1, 0.15) is 5.82 Å². The van der Waals surface area contributed by atoms with E-state index in [2.05, 4.69) is 20.4 Å².